The standard InChI is InChI=1S/C13H13N3O4S/c17-5-6-20-7-16-12-10(11(18)15-13(16)19)14-8-3-1-2-4-9(8)21-12/h1-4,14,17H,5-7H2,(H,15,18,19). The lowest BCUT2D eigenvalue weighted by atomic mass is 10.3. The number of benzene rings is 1. The van der Waals surface area contributed by atoms with E-state index in [1.54, 1.807) is 0 Å². The number of aromatic nitrogens is 2. The van der Waals surface area contributed by atoms with E-state index >= 15 is 0 Å². The van der Waals surface area contributed by atoms with Gasteiger partial charge in [0.05, 0.1) is 18.9 Å². The van der Waals surface area contributed by atoms with E-state index < -0.39 is 11.2 Å². The van der Waals surface area contributed by atoms with E-state index in [4.69, 9.17) is 9.84 Å². The Kier molecular flexibility index (Phi) is 3.82. The second kappa shape index (κ2) is 5.76. The zero-order chi connectivity index (χ0) is 14.8. The minimum Gasteiger partial charge on any atom is -0.394 e. The van der Waals surface area contributed by atoms with Gasteiger partial charge in [-0.3, -0.25) is 14.3 Å². The number of H-pyrrole nitrogens is 1. The van der Waals surface area contributed by atoms with Crippen molar-refractivity contribution in [3.05, 3.63) is 45.1 Å². The van der Waals surface area contributed by atoms with Crippen LogP contribution in [-0.4, -0.2) is 27.9 Å². The maximum atomic E-state index is 12.0. The zero-order valence-corrected chi connectivity index (χ0v) is 11.8. The number of rotatable bonds is 4. The molecule has 0 unspecified atom stereocenters. The molecule has 1 aromatic carbocycles. The highest BCUT2D eigenvalue weighted by Gasteiger charge is 2.22. The van der Waals surface area contributed by atoms with Gasteiger partial charge in [0, 0.05) is 4.90 Å². The van der Waals surface area contributed by atoms with Crippen molar-refractivity contribution in [3.8, 4) is 0 Å². The summed E-state index contributed by atoms with van der Waals surface area (Å²) < 4.78 is 6.53. The summed E-state index contributed by atoms with van der Waals surface area (Å²) in [6.07, 6.45) is 0. The van der Waals surface area contributed by atoms with Gasteiger partial charge in [0.2, 0.25) is 0 Å². The number of hydrogen-bond acceptors (Lipinski definition) is 6. The maximum absolute atomic E-state index is 12.0. The number of nitrogens with zero attached hydrogens (tertiary/aromatic N) is 1. The topological polar surface area (TPSA) is 96.4 Å². The number of anilines is 2. The number of aliphatic hydroxyl groups excluding tert-OH is 1. The third-order valence-electron chi connectivity index (χ3n) is 2.96. The Balaban J connectivity index is 2.05. The molecule has 0 saturated heterocycles. The summed E-state index contributed by atoms with van der Waals surface area (Å²) in [4.78, 5) is 27.1. The molecule has 2 aromatic rings. The van der Waals surface area contributed by atoms with Crippen LogP contribution in [0.4, 0.5) is 11.4 Å². The summed E-state index contributed by atoms with van der Waals surface area (Å²) in [5.41, 5.74) is 0.147. The summed E-state index contributed by atoms with van der Waals surface area (Å²) in [7, 11) is 0. The second-order valence-electron chi connectivity index (χ2n) is 4.35. The van der Waals surface area contributed by atoms with Crippen molar-refractivity contribution in [2.24, 2.45) is 0 Å². The number of aromatic amines is 1. The van der Waals surface area contributed by atoms with Crippen molar-refractivity contribution in [2.45, 2.75) is 16.7 Å². The van der Waals surface area contributed by atoms with Gasteiger partial charge in [-0.15, -0.1) is 0 Å². The van der Waals surface area contributed by atoms with Gasteiger partial charge < -0.3 is 15.2 Å². The van der Waals surface area contributed by atoms with Gasteiger partial charge in [0.25, 0.3) is 5.56 Å². The molecule has 3 rings (SSSR count). The fourth-order valence-electron chi connectivity index (χ4n) is 2.00. The van der Waals surface area contributed by atoms with E-state index in [1.807, 2.05) is 24.3 Å². The number of aliphatic hydroxyl groups is 1. The molecule has 0 bridgehead atoms. The van der Waals surface area contributed by atoms with Gasteiger partial charge in [0.1, 0.15) is 17.4 Å². The summed E-state index contributed by atoms with van der Waals surface area (Å²) in [6, 6.07) is 7.52. The summed E-state index contributed by atoms with van der Waals surface area (Å²) in [5, 5.41) is 12.3. The van der Waals surface area contributed by atoms with E-state index in [-0.39, 0.29) is 19.9 Å². The van der Waals surface area contributed by atoms with Gasteiger partial charge in [-0.2, -0.15) is 0 Å². The molecule has 0 aliphatic carbocycles. The fourth-order valence-corrected chi connectivity index (χ4v) is 3.08. The number of hydrogen-bond donors (Lipinski definition) is 3. The Labute approximate surface area is 123 Å². The first kappa shape index (κ1) is 13.9. The van der Waals surface area contributed by atoms with Crippen LogP contribution in [0, 0.1) is 0 Å². The Morgan fingerprint density at radius 2 is 2.10 bits per heavy atom. The van der Waals surface area contributed by atoms with Gasteiger partial charge in [-0.1, -0.05) is 23.9 Å². The van der Waals surface area contributed by atoms with E-state index in [0.29, 0.717) is 10.7 Å². The van der Waals surface area contributed by atoms with Crippen LogP contribution in [0.3, 0.4) is 0 Å². The van der Waals surface area contributed by atoms with Crippen molar-refractivity contribution in [3.63, 3.8) is 0 Å². The normalized spacial score (nSPS) is 12.4. The Bertz CT molecular complexity index is 784. The van der Waals surface area contributed by atoms with Gasteiger partial charge >= 0.3 is 5.69 Å². The molecule has 2 heterocycles. The second-order valence-corrected chi connectivity index (χ2v) is 5.38. The first-order valence-electron chi connectivity index (χ1n) is 6.30. The van der Waals surface area contributed by atoms with E-state index in [2.05, 4.69) is 10.3 Å². The fraction of sp³-hybridized carbons (Fsp3) is 0.231. The Morgan fingerprint density at radius 3 is 2.90 bits per heavy atom. The molecule has 8 heteroatoms. The van der Waals surface area contributed by atoms with Crippen molar-refractivity contribution < 1.29 is 9.84 Å². The van der Waals surface area contributed by atoms with Crippen LogP contribution in [0.5, 0.6) is 0 Å². The van der Waals surface area contributed by atoms with Crippen molar-refractivity contribution >= 4 is 23.1 Å². The predicted molar refractivity (Wildman–Crippen MR) is 78.2 cm³/mol. The molecule has 110 valence electrons. The lowest BCUT2D eigenvalue weighted by Crippen LogP contribution is -2.34. The molecular weight excluding hydrogens is 294 g/mol. The van der Waals surface area contributed by atoms with Crippen LogP contribution in [-0.2, 0) is 11.5 Å². The number of para-hydroxylation sites is 1. The Morgan fingerprint density at radius 1 is 1.29 bits per heavy atom. The molecule has 0 radical (unpaired) electrons. The van der Waals surface area contributed by atoms with Crippen LogP contribution in [0.2, 0.25) is 0 Å². The largest absolute Gasteiger partial charge is 0.394 e. The smallest absolute Gasteiger partial charge is 0.331 e. The minimum absolute atomic E-state index is 0.0324. The average molecular weight is 307 g/mol. The van der Waals surface area contributed by atoms with Crippen LogP contribution < -0.4 is 16.6 Å². The summed E-state index contributed by atoms with van der Waals surface area (Å²) in [5.74, 6) is 0. The van der Waals surface area contributed by atoms with E-state index in [9.17, 15) is 9.59 Å². The lowest BCUT2D eigenvalue weighted by molar-refractivity contribution is 0.0415. The van der Waals surface area contributed by atoms with Crippen LogP contribution in [0.25, 0.3) is 0 Å². The monoisotopic (exact) mass is 307 g/mol. The van der Waals surface area contributed by atoms with Crippen LogP contribution >= 0.6 is 11.8 Å². The molecule has 0 saturated carbocycles. The summed E-state index contributed by atoms with van der Waals surface area (Å²) >= 11 is 1.33. The molecule has 0 atom stereocenters. The average Bonchev–Trinajstić information content (AvgIpc) is 2.49. The third kappa shape index (κ3) is 2.60. The maximum Gasteiger partial charge on any atom is 0.331 e. The molecular formula is C13H13N3O4S. The number of ether oxygens (including phenoxy) is 1. The van der Waals surface area contributed by atoms with Crippen LogP contribution in [0.15, 0.2) is 43.8 Å². The van der Waals surface area contributed by atoms with Crippen molar-refractivity contribution in [1.29, 1.82) is 0 Å². The molecule has 1 aromatic heterocycles. The predicted octanol–water partition coefficient (Wildman–Crippen LogP) is 0.711. The number of fused-ring (bicyclic) bond motifs is 2. The molecule has 21 heavy (non-hydrogen) atoms. The highest BCUT2D eigenvalue weighted by atomic mass is 32.2. The molecule has 0 spiro atoms. The summed E-state index contributed by atoms with van der Waals surface area (Å²) in [6.45, 7) is -0.0428. The van der Waals surface area contributed by atoms with Crippen LogP contribution in [0.1, 0.15) is 0 Å². The van der Waals surface area contributed by atoms with Crippen molar-refractivity contribution in [1.82, 2.24) is 9.55 Å². The SMILES string of the molecule is O=c1[nH]c(=O)n(COCCO)c2c1Nc1ccccc1S2. The Hall–Kier alpha value is -2.03. The third-order valence-corrected chi connectivity index (χ3v) is 4.15. The molecule has 3 N–H and O–H groups in total. The van der Waals surface area contributed by atoms with Gasteiger partial charge in [-0.05, 0) is 12.1 Å². The van der Waals surface area contributed by atoms with Gasteiger partial charge in [0.15, 0.2) is 0 Å². The molecule has 0 fully saturated rings. The molecule has 0 amide bonds. The minimum atomic E-state index is -0.537. The molecule has 1 aliphatic rings. The molecule has 7 nitrogen and oxygen atoms in total. The number of nitrogens with one attached hydrogen (secondary N) is 2. The van der Waals surface area contributed by atoms with E-state index in [0.717, 1.165) is 10.6 Å². The highest BCUT2D eigenvalue weighted by Crippen LogP contribution is 2.41. The first-order valence-corrected chi connectivity index (χ1v) is 7.12. The van der Waals surface area contributed by atoms with Crippen molar-refractivity contribution in [2.75, 3.05) is 18.5 Å². The first-order chi connectivity index (χ1) is 10.2. The van der Waals surface area contributed by atoms with E-state index in [1.165, 1.54) is 16.3 Å². The quantitative estimate of drug-likeness (QED) is 0.485. The lowest BCUT2D eigenvalue weighted by Gasteiger charge is -2.22. The molecule has 1 aliphatic heterocycles. The highest BCUT2D eigenvalue weighted by molar-refractivity contribution is 7.99. The zero-order valence-electron chi connectivity index (χ0n) is 11.0. The van der Waals surface area contributed by atoms with Gasteiger partial charge in [-0.25, -0.2) is 4.79 Å².